The molecule has 1 aromatic carbocycles. The minimum Gasteiger partial charge on any atom is -0.465 e. The van der Waals surface area contributed by atoms with Gasteiger partial charge in [0.2, 0.25) is 0 Å². The average molecular weight is 276 g/mol. The fourth-order valence-electron chi connectivity index (χ4n) is 1.78. The van der Waals surface area contributed by atoms with Crippen molar-refractivity contribution in [3.63, 3.8) is 0 Å². The molecule has 0 bridgehead atoms. The van der Waals surface area contributed by atoms with Crippen molar-refractivity contribution in [2.45, 2.75) is 13.0 Å². The fraction of sp³-hybridized carbons (Fsp3) is 0.214. The van der Waals surface area contributed by atoms with Gasteiger partial charge in [-0.05, 0) is 47.5 Å². The van der Waals surface area contributed by atoms with Gasteiger partial charge in [0.05, 0.1) is 24.0 Å². The molecule has 4 nitrogen and oxygen atoms in total. The predicted molar refractivity (Wildman–Crippen MR) is 78.6 cm³/mol. The summed E-state index contributed by atoms with van der Waals surface area (Å²) < 4.78 is 4.66. The monoisotopic (exact) mass is 276 g/mol. The van der Waals surface area contributed by atoms with Gasteiger partial charge in [-0.15, -0.1) is 0 Å². The van der Waals surface area contributed by atoms with Crippen LogP contribution in [0.3, 0.4) is 0 Å². The van der Waals surface area contributed by atoms with Crippen molar-refractivity contribution < 1.29 is 9.53 Å². The zero-order valence-corrected chi connectivity index (χ0v) is 11.7. The Balaban J connectivity index is 2.15. The molecule has 0 aliphatic rings. The smallest absolute Gasteiger partial charge is 0.337 e. The first kappa shape index (κ1) is 13.4. The van der Waals surface area contributed by atoms with Gasteiger partial charge in [0, 0.05) is 6.04 Å². The first-order valence-corrected chi connectivity index (χ1v) is 6.82. The SMILES string of the molecule is COC(=O)c1ccc(NC(C)c2ccsc2)c(N)c1. The first-order valence-electron chi connectivity index (χ1n) is 5.88. The molecule has 19 heavy (non-hydrogen) atoms. The number of methoxy groups -OCH3 is 1. The van der Waals surface area contributed by atoms with Crippen LogP contribution in [-0.2, 0) is 4.74 Å². The number of hydrogen-bond donors (Lipinski definition) is 2. The summed E-state index contributed by atoms with van der Waals surface area (Å²) in [5, 5.41) is 7.46. The number of nitrogens with two attached hydrogens (primary N) is 1. The van der Waals surface area contributed by atoms with Crippen LogP contribution in [0.4, 0.5) is 11.4 Å². The van der Waals surface area contributed by atoms with Gasteiger partial charge in [-0.1, -0.05) is 0 Å². The first-order chi connectivity index (χ1) is 9.11. The lowest BCUT2D eigenvalue weighted by Crippen LogP contribution is -2.09. The number of nitrogen functional groups attached to an aromatic ring is 1. The molecule has 1 unspecified atom stereocenters. The number of ether oxygens (including phenoxy) is 1. The highest BCUT2D eigenvalue weighted by atomic mass is 32.1. The zero-order chi connectivity index (χ0) is 13.8. The number of nitrogens with one attached hydrogen (secondary N) is 1. The summed E-state index contributed by atoms with van der Waals surface area (Å²) >= 11 is 1.66. The quantitative estimate of drug-likeness (QED) is 0.664. The highest BCUT2D eigenvalue weighted by Gasteiger charge is 2.11. The largest absolute Gasteiger partial charge is 0.465 e. The van der Waals surface area contributed by atoms with Crippen LogP contribution in [0.25, 0.3) is 0 Å². The van der Waals surface area contributed by atoms with Gasteiger partial charge in [0.15, 0.2) is 0 Å². The molecule has 1 aromatic heterocycles. The molecule has 0 fully saturated rings. The molecule has 0 spiro atoms. The third-order valence-corrected chi connectivity index (χ3v) is 3.59. The van der Waals surface area contributed by atoms with E-state index in [1.165, 1.54) is 12.7 Å². The van der Waals surface area contributed by atoms with Crippen molar-refractivity contribution in [1.29, 1.82) is 0 Å². The number of carbonyl (C=O) groups is 1. The summed E-state index contributed by atoms with van der Waals surface area (Å²) in [5.74, 6) is -0.385. The van der Waals surface area contributed by atoms with E-state index in [1.54, 1.807) is 29.5 Å². The zero-order valence-electron chi connectivity index (χ0n) is 10.8. The molecule has 100 valence electrons. The second-order valence-corrected chi connectivity index (χ2v) is 5.00. The molecular formula is C14H16N2O2S. The number of carbonyl (C=O) groups excluding carboxylic acids is 1. The molecule has 0 radical (unpaired) electrons. The predicted octanol–water partition coefficient (Wildman–Crippen LogP) is 3.29. The van der Waals surface area contributed by atoms with Crippen LogP contribution in [0, 0.1) is 0 Å². The van der Waals surface area contributed by atoms with E-state index >= 15 is 0 Å². The van der Waals surface area contributed by atoms with Crippen LogP contribution in [-0.4, -0.2) is 13.1 Å². The number of benzene rings is 1. The van der Waals surface area contributed by atoms with E-state index < -0.39 is 0 Å². The van der Waals surface area contributed by atoms with Crippen LogP contribution in [0.1, 0.15) is 28.9 Å². The molecule has 1 heterocycles. The van der Waals surface area contributed by atoms with Crippen molar-refractivity contribution in [1.82, 2.24) is 0 Å². The molecular weight excluding hydrogens is 260 g/mol. The Morgan fingerprint density at radius 2 is 2.21 bits per heavy atom. The molecule has 0 amide bonds. The normalized spacial score (nSPS) is 11.9. The number of esters is 1. The van der Waals surface area contributed by atoms with E-state index in [0.717, 1.165) is 5.69 Å². The summed E-state index contributed by atoms with van der Waals surface area (Å²) in [6.07, 6.45) is 0. The molecule has 2 rings (SSSR count). The molecule has 2 aromatic rings. The molecule has 0 saturated carbocycles. The lowest BCUT2D eigenvalue weighted by atomic mass is 10.1. The molecule has 5 heteroatoms. The second-order valence-electron chi connectivity index (χ2n) is 4.22. The van der Waals surface area contributed by atoms with E-state index in [4.69, 9.17) is 5.73 Å². The Morgan fingerprint density at radius 3 is 2.79 bits per heavy atom. The maximum atomic E-state index is 11.4. The van der Waals surface area contributed by atoms with Gasteiger partial charge in [0.1, 0.15) is 0 Å². The van der Waals surface area contributed by atoms with Crippen molar-refractivity contribution in [2.75, 3.05) is 18.2 Å². The van der Waals surface area contributed by atoms with E-state index in [9.17, 15) is 4.79 Å². The van der Waals surface area contributed by atoms with Gasteiger partial charge in [-0.2, -0.15) is 11.3 Å². The van der Waals surface area contributed by atoms with Gasteiger partial charge in [0.25, 0.3) is 0 Å². The Hall–Kier alpha value is -2.01. The van der Waals surface area contributed by atoms with Crippen molar-refractivity contribution in [2.24, 2.45) is 0 Å². The van der Waals surface area contributed by atoms with Gasteiger partial charge in [-0.25, -0.2) is 4.79 Å². The van der Waals surface area contributed by atoms with Gasteiger partial charge in [-0.3, -0.25) is 0 Å². The Morgan fingerprint density at radius 1 is 1.42 bits per heavy atom. The van der Waals surface area contributed by atoms with E-state index in [2.05, 4.69) is 28.4 Å². The lowest BCUT2D eigenvalue weighted by Gasteiger charge is -2.16. The summed E-state index contributed by atoms with van der Waals surface area (Å²) in [6, 6.07) is 7.35. The van der Waals surface area contributed by atoms with Crippen LogP contribution in [0.15, 0.2) is 35.0 Å². The molecule has 0 saturated heterocycles. The highest BCUT2D eigenvalue weighted by molar-refractivity contribution is 7.07. The van der Waals surface area contributed by atoms with E-state index in [0.29, 0.717) is 11.3 Å². The number of rotatable bonds is 4. The Labute approximate surface area is 116 Å². The molecule has 3 N–H and O–H groups in total. The molecule has 0 aliphatic heterocycles. The van der Waals surface area contributed by atoms with Crippen LogP contribution < -0.4 is 11.1 Å². The highest BCUT2D eigenvalue weighted by Crippen LogP contribution is 2.26. The summed E-state index contributed by atoms with van der Waals surface area (Å²) in [4.78, 5) is 11.4. The summed E-state index contributed by atoms with van der Waals surface area (Å²) in [5.41, 5.74) is 8.95. The van der Waals surface area contributed by atoms with Crippen LogP contribution >= 0.6 is 11.3 Å². The van der Waals surface area contributed by atoms with Crippen molar-refractivity contribution >= 4 is 28.7 Å². The maximum absolute atomic E-state index is 11.4. The minimum atomic E-state index is -0.385. The van der Waals surface area contributed by atoms with Gasteiger partial charge < -0.3 is 15.8 Å². The van der Waals surface area contributed by atoms with E-state index in [-0.39, 0.29) is 12.0 Å². The average Bonchev–Trinajstić information content (AvgIpc) is 2.94. The molecule has 0 aliphatic carbocycles. The summed E-state index contributed by atoms with van der Waals surface area (Å²) in [7, 11) is 1.35. The number of thiophene rings is 1. The number of hydrogen-bond acceptors (Lipinski definition) is 5. The van der Waals surface area contributed by atoms with Crippen molar-refractivity contribution in [3.8, 4) is 0 Å². The van der Waals surface area contributed by atoms with E-state index in [1.807, 2.05) is 5.38 Å². The van der Waals surface area contributed by atoms with Gasteiger partial charge >= 0.3 is 5.97 Å². The minimum absolute atomic E-state index is 0.164. The van der Waals surface area contributed by atoms with Crippen LogP contribution in [0.5, 0.6) is 0 Å². The fourth-order valence-corrected chi connectivity index (χ4v) is 2.53. The topological polar surface area (TPSA) is 64.3 Å². The second kappa shape index (κ2) is 5.75. The standard InChI is InChI=1S/C14H16N2O2S/c1-9(11-5-6-19-8-11)16-13-4-3-10(7-12(13)15)14(17)18-2/h3-9,16H,15H2,1-2H3. The molecule has 1 atom stereocenters. The Bertz CT molecular complexity index is 567. The maximum Gasteiger partial charge on any atom is 0.337 e. The van der Waals surface area contributed by atoms with Crippen molar-refractivity contribution in [3.05, 3.63) is 46.2 Å². The van der Waals surface area contributed by atoms with Crippen LogP contribution in [0.2, 0.25) is 0 Å². The third kappa shape index (κ3) is 3.06. The third-order valence-electron chi connectivity index (χ3n) is 2.89. The lowest BCUT2D eigenvalue weighted by molar-refractivity contribution is 0.0601. The Kier molecular flexibility index (Phi) is 4.06. The number of anilines is 2. The summed E-state index contributed by atoms with van der Waals surface area (Å²) in [6.45, 7) is 2.07.